The van der Waals surface area contributed by atoms with Crippen LogP contribution in [0.3, 0.4) is 0 Å². The molecule has 6 nitrogen and oxygen atoms in total. The number of aryl methyl sites for hydroxylation is 1. The van der Waals surface area contributed by atoms with Crippen LogP contribution in [0.15, 0.2) is 64.5 Å². The molecule has 0 unspecified atom stereocenters. The monoisotopic (exact) mass is 488 g/mol. The van der Waals surface area contributed by atoms with Crippen molar-refractivity contribution < 1.29 is 16.8 Å². The first-order valence-corrected chi connectivity index (χ1v) is 14.9. The highest BCUT2D eigenvalue weighted by Crippen LogP contribution is 2.36. The molecular formula is C25H32N2O4S2. The average molecular weight is 489 g/mol. The molecule has 0 spiro atoms. The maximum atomic E-state index is 13.3. The molecule has 0 aliphatic carbocycles. The maximum Gasteiger partial charge on any atom is 0.244 e. The summed E-state index contributed by atoms with van der Waals surface area (Å²) < 4.78 is 54.7. The molecule has 0 N–H and O–H groups in total. The Bertz CT molecular complexity index is 1340. The molecule has 1 aliphatic rings. The van der Waals surface area contributed by atoms with E-state index in [-0.39, 0.29) is 15.7 Å². The molecule has 33 heavy (non-hydrogen) atoms. The summed E-state index contributed by atoms with van der Waals surface area (Å²) in [5.74, 6) is 0.277. The third-order valence-corrected chi connectivity index (χ3v) is 9.82. The SMILES string of the molecule is CCCCCn1cc(C2CCN(S(=O)(=O)c3ccccc3S(C)(=O)=O)CC2)c2ccccc21. The Morgan fingerprint density at radius 2 is 1.52 bits per heavy atom. The minimum Gasteiger partial charge on any atom is -0.347 e. The van der Waals surface area contributed by atoms with E-state index in [1.54, 1.807) is 12.1 Å². The van der Waals surface area contributed by atoms with Crippen molar-refractivity contribution in [2.75, 3.05) is 19.3 Å². The van der Waals surface area contributed by atoms with Crippen LogP contribution in [-0.4, -0.2) is 45.1 Å². The number of unbranched alkanes of at least 4 members (excludes halogenated alkanes) is 2. The molecule has 3 aromatic rings. The molecule has 8 heteroatoms. The van der Waals surface area contributed by atoms with Crippen LogP contribution in [0.5, 0.6) is 0 Å². The van der Waals surface area contributed by atoms with Crippen LogP contribution in [0.2, 0.25) is 0 Å². The number of nitrogens with zero attached hydrogens (tertiary/aromatic N) is 2. The van der Waals surface area contributed by atoms with Gasteiger partial charge in [0.2, 0.25) is 10.0 Å². The molecule has 178 valence electrons. The second kappa shape index (κ2) is 9.60. The smallest absolute Gasteiger partial charge is 0.244 e. The zero-order chi connectivity index (χ0) is 23.6. The van der Waals surface area contributed by atoms with Gasteiger partial charge in [0.1, 0.15) is 4.90 Å². The maximum absolute atomic E-state index is 13.3. The molecule has 0 amide bonds. The molecule has 4 rings (SSSR count). The van der Waals surface area contributed by atoms with E-state index in [4.69, 9.17) is 0 Å². The molecule has 1 fully saturated rings. The van der Waals surface area contributed by atoms with Crippen LogP contribution in [0.25, 0.3) is 10.9 Å². The Balaban J connectivity index is 1.56. The number of sulfonamides is 1. The van der Waals surface area contributed by atoms with Crippen molar-refractivity contribution >= 4 is 30.8 Å². The number of aromatic nitrogens is 1. The molecule has 0 radical (unpaired) electrons. The molecule has 1 aromatic heterocycles. The van der Waals surface area contributed by atoms with Crippen molar-refractivity contribution in [1.29, 1.82) is 0 Å². The number of piperidine rings is 1. The van der Waals surface area contributed by atoms with Crippen LogP contribution in [0, 0.1) is 0 Å². The van der Waals surface area contributed by atoms with Gasteiger partial charge in [0.25, 0.3) is 0 Å². The third-order valence-electron chi connectivity index (χ3n) is 6.58. The number of hydrogen-bond donors (Lipinski definition) is 0. The molecular weight excluding hydrogens is 456 g/mol. The fourth-order valence-electron chi connectivity index (χ4n) is 4.83. The summed E-state index contributed by atoms with van der Waals surface area (Å²) in [4.78, 5) is -0.263. The van der Waals surface area contributed by atoms with E-state index in [2.05, 4.69) is 42.0 Å². The lowest BCUT2D eigenvalue weighted by molar-refractivity contribution is 0.319. The zero-order valence-electron chi connectivity index (χ0n) is 19.3. The van der Waals surface area contributed by atoms with E-state index in [1.807, 2.05) is 0 Å². The molecule has 2 aromatic carbocycles. The van der Waals surface area contributed by atoms with Crippen molar-refractivity contribution in [3.63, 3.8) is 0 Å². The van der Waals surface area contributed by atoms with Crippen LogP contribution in [0.4, 0.5) is 0 Å². The quantitative estimate of drug-likeness (QED) is 0.427. The number of rotatable bonds is 8. The Hall–Kier alpha value is -2.16. The second-order valence-corrected chi connectivity index (χ2v) is 12.8. The summed E-state index contributed by atoms with van der Waals surface area (Å²) >= 11 is 0. The van der Waals surface area contributed by atoms with Gasteiger partial charge in [0.15, 0.2) is 9.84 Å². The van der Waals surface area contributed by atoms with E-state index in [1.165, 1.54) is 45.7 Å². The highest BCUT2D eigenvalue weighted by molar-refractivity contribution is 7.93. The Labute approximate surface area is 197 Å². The number of benzene rings is 2. The van der Waals surface area contributed by atoms with Crippen molar-refractivity contribution in [3.8, 4) is 0 Å². The predicted octanol–water partition coefficient (Wildman–Crippen LogP) is 4.80. The van der Waals surface area contributed by atoms with E-state index in [9.17, 15) is 16.8 Å². The molecule has 1 saturated heterocycles. The largest absolute Gasteiger partial charge is 0.347 e. The van der Waals surface area contributed by atoms with Gasteiger partial charge in [0.05, 0.1) is 4.90 Å². The fourth-order valence-corrected chi connectivity index (χ4v) is 7.91. The topological polar surface area (TPSA) is 76.5 Å². The molecule has 0 saturated carbocycles. The lowest BCUT2D eigenvalue weighted by atomic mass is 9.90. The third kappa shape index (κ3) is 4.88. The fraction of sp³-hybridized carbons (Fsp3) is 0.440. The van der Waals surface area contributed by atoms with Gasteiger partial charge in [-0.25, -0.2) is 16.8 Å². The van der Waals surface area contributed by atoms with Crippen molar-refractivity contribution in [2.45, 2.75) is 61.3 Å². The van der Waals surface area contributed by atoms with Crippen LogP contribution in [0.1, 0.15) is 50.5 Å². The minimum absolute atomic E-state index is 0.126. The van der Waals surface area contributed by atoms with Gasteiger partial charge in [-0.2, -0.15) is 4.31 Å². The van der Waals surface area contributed by atoms with Crippen LogP contribution >= 0.6 is 0 Å². The first-order chi connectivity index (χ1) is 15.7. The van der Waals surface area contributed by atoms with E-state index < -0.39 is 19.9 Å². The molecule has 0 atom stereocenters. The highest BCUT2D eigenvalue weighted by atomic mass is 32.2. The minimum atomic E-state index is -3.88. The predicted molar refractivity (Wildman–Crippen MR) is 132 cm³/mol. The first kappa shape index (κ1) is 24.0. The van der Waals surface area contributed by atoms with E-state index in [0.29, 0.717) is 25.9 Å². The Morgan fingerprint density at radius 3 is 2.18 bits per heavy atom. The summed E-state index contributed by atoms with van der Waals surface area (Å²) in [7, 11) is -7.53. The summed E-state index contributed by atoms with van der Waals surface area (Å²) in [5.41, 5.74) is 2.52. The Kier molecular flexibility index (Phi) is 6.98. The van der Waals surface area contributed by atoms with E-state index >= 15 is 0 Å². The number of para-hydroxylation sites is 1. The normalized spacial score (nSPS) is 16.4. The van der Waals surface area contributed by atoms with Gasteiger partial charge in [0, 0.05) is 43.0 Å². The van der Waals surface area contributed by atoms with Crippen molar-refractivity contribution in [1.82, 2.24) is 8.87 Å². The molecule has 1 aliphatic heterocycles. The zero-order valence-corrected chi connectivity index (χ0v) is 20.9. The lowest BCUT2D eigenvalue weighted by Gasteiger charge is -2.31. The lowest BCUT2D eigenvalue weighted by Crippen LogP contribution is -2.38. The van der Waals surface area contributed by atoms with Gasteiger partial charge in [-0.15, -0.1) is 0 Å². The Morgan fingerprint density at radius 1 is 0.879 bits per heavy atom. The number of sulfone groups is 1. The van der Waals surface area contributed by atoms with Crippen molar-refractivity contribution in [2.24, 2.45) is 0 Å². The second-order valence-electron chi connectivity index (χ2n) is 8.90. The van der Waals surface area contributed by atoms with Crippen LogP contribution < -0.4 is 0 Å². The van der Waals surface area contributed by atoms with Gasteiger partial charge in [-0.3, -0.25) is 0 Å². The standard InChI is InChI=1S/C25H32N2O4S2/c1-3-4-9-16-26-19-22(21-10-5-6-11-23(21)26)20-14-17-27(18-15-20)33(30,31)25-13-8-7-12-24(25)32(2,28)29/h5-8,10-13,19-20H,3-4,9,14-18H2,1-2H3. The average Bonchev–Trinajstić information content (AvgIpc) is 3.17. The first-order valence-electron chi connectivity index (χ1n) is 11.6. The van der Waals surface area contributed by atoms with Crippen molar-refractivity contribution in [3.05, 3.63) is 60.3 Å². The van der Waals surface area contributed by atoms with Gasteiger partial charge < -0.3 is 4.57 Å². The highest BCUT2D eigenvalue weighted by Gasteiger charge is 2.33. The van der Waals surface area contributed by atoms with Gasteiger partial charge >= 0.3 is 0 Å². The summed E-state index contributed by atoms with van der Waals surface area (Å²) in [6, 6.07) is 14.3. The van der Waals surface area contributed by atoms with Gasteiger partial charge in [-0.05, 0) is 48.9 Å². The van der Waals surface area contributed by atoms with Crippen LogP contribution in [-0.2, 0) is 26.4 Å². The molecule has 0 bridgehead atoms. The summed E-state index contributed by atoms with van der Waals surface area (Å²) in [6.45, 7) is 3.94. The summed E-state index contributed by atoms with van der Waals surface area (Å²) in [5, 5.41) is 1.25. The van der Waals surface area contributed by atoms with E-state index in [0.717, 1.165) is 19.2 Å². The number of fused-ring (bicyclic) bond motifs is 1. The molecule has 2 heterocycles. The summed E-state index contributed by atoms with van der Waals surface area (Å²) in [6.07, 6.45) is 8.25. The number of hydrogen-bond acceptors (Lipinski definition) is 4. The van der Waals surface area contributed by atoms with Gasteiger partial charge in [-0.1, -0.05) is 50.1 Å².